The normalized spacial score (nSPS) is 25.9. The Kier molecular flexibility index (Phi) is 3.16. The van der Waals surface area contributed by atoms with Gasteiger partial charge in [0.1, 0.15) is 6.42 Å². The number of hydrogen-bond acceptors (Lipinski definition) is 2. The van der Waals surface area contributed by atoms with Gasteiger partial charge in [-0.2, -0.15) is 13.2 Å². The monoisotopic (exact) mass is 239 g/mol. The number of halogens is 3. The summed E-state index contributed by atoms with van der Waals surface area (Å²) in [5.74, 6) is -2.15. The van der Waals surface area contributed by atoms with Crippen molar-refractivity contribution < 1.29 is 27.9 Å². The third kappa shape index (κ3) is 2.86. The van der Waals surface area contributed by atoms with Crippen LogP contribution in [0.2, 0.25) is 0 Å². The van der Waals surface area contributed by atoms with Gasteiger partial charge in [0.15, 0.2) is 0 Å². The molecule has 1 amide bonds. The molecule has 0 spiro atoms. The van der Waals surface area contributed by atoms with Gasteiger partial charge in [-0.3, -0.25) is 9.59 Å². The predicted molar refractivity (Wildman–Crippen MR) is 47.6 cm³/mol. The molecule has 7 heteroatoms. The van der Waals surface area contributed by atoms with Gasteiger partial charge in [-0.05, 0) is 13.3 Å². The van der Waals surface area contributed by atoms with Gasteiger partial charge in [0.25, 0.3) is 0 Å². The number of nitrogens with zero attached hydrogens (tertiary/aromatic N) is 1. The molecule has 1 aliphatic rings. The van der Waals surface area contributed by atoms with Crippen LogP contribution in [0.25, 0.3) is 0 Å². The highest BCUT2D eigenvalue weighted by Gasteiger charge is 2.44. The number of rotatable bonds is 2. The number of carboxylic acid groups (broad SMARTS) is 1. The van der Waals surface area contributed by atoms with E-state index >= 15 is 0 Å². The predicted octanol–water partition coefficient (Wildman–Crippen LogP) is 1.26. The fourth-order valence-corrected chi connectivity index (χ4v) is 1.63. The molecule has 0 radical (unpaired) electrons. The number of carbonyl (C=O) groups is 2. The molecule has 0 saturated carbocycles. The number of carbonyl (C=O) groups excluding carboxylic acids is 1. The molecule has 1 fully saturated rings. The van der Waals surface area contributed by atoms with Crippen molar-refractivity contribution in [1.29, 1.82) is 0 Å². The Morgan fingerprint density at radius 3 is 2.38 bits per heavy atom. The van der Waals surface area contributed by atoms with Crippen molar-refractivity contribution >= 4 is 11.9 Å². The van der Waals surface area contributed by atoms with Crippen LogP contribution in [0.3, 0.4) is 0 Å². The Morgan fingerprint density at radius 2 is 2.00 bits per heavy atom. The third-order valence-electron chi connectivity index (χ3n) is 2.69. The number of hydrogen-bond donors (Lipinski definition) is 1. The first-order valence-corrected chi connectivity index (χ1v) is 4.72. The minimum atomic E-state index is -4.54. The Hall–Kier alpha value is -1.27. The molecule has 1 atom stereocenters. The topological polar surface area (TPSA) is 57.6 Å². The summed E-state index contributed by atoms with van der Waals surface area (Å²) >= 11 is 0. The van der Waals surface area contributed by atoms with E-state index in [0.29, 0.717) is 0 Å². The third-order valence-corrected chi connectivity index (χ3v) is 2.69. The van der Waals surface area contributed by atoms with Crippen LogP contribution in [0, 0.1) is 5.41 Å². The van der Waals surface area contributed by atoms with Crippen molar-refractivity contribution in [3.8, 4) is 0 Å². The maximum absolute atomic E-state index is 11.9. The summed E-state index contributed by atoms with van der Waals surface area (Å²) in [4.78, 5) is 23.0. The van der Waals surface area contributed by atoms with Crippen molar-refractivity contribution in [2.75, 3.05) is 13.1 Å². The number of amides is 1. The molecule has 0 aromatic carbocycles. The Balaban J connectivity index is 2.60. The van der Waals surface area contributed by atoms with Crippen LogP contribution in [-0.2, 0) is 9.59 Å². The average Bonchev–Trinajstić information content (AvgIpc) is 2.46. The van der Waals surface area contributed by atoms with Crippen molar-refractivity contribution in [2.24, 2.45) is 5.41 Å². The molecule has 1 saturated heterocycles. The summed E-state index contributed by atoms with van der Waals surface area (Å²) in [7, 11) is 0. The van der Waals surface area contributed by atoms with E-state index in [1.807, 2.05) is 0 Å². The first-order valence-electron chi connectivity index (χ1n) is 4.72. The van der Waals surface area contributed by atoms with Crippen LogP contribution < -0.4 is 0 Å². The average molecular weight is 239 g/mol. The molecule has 16 heavy (non-hydrogen) atoms. The van der Waals surface area contributed by atoms with E-state index < -0.39 is 29.9 Å². The van der Waals surface area contributed by atoms with Gasteiger partial charge in [0, 0.05) is 13.1 Å². The lowest BCUT2D eigenvalue weighted by Crippen LogP contribution is -2.36. The zero-order chi connectivity index (χ0) is 12.6. The quantitative estimate of drug-likeness (QED) is 0.789. The largest absolute Gasteiger partial charge is 0.481 e. The minimum absolute atomic E-state index is 0.0672. The highest BCUT2D eigenvalue weighted by molar-refractivity contribution is 5.80. The van der Waals surface area contributed by atoms with Gasteiger partial charge in [-0.1, -0.05) is 0 Å². The maximum atomic E-state index is 11.9. The van der Waals surface area contributed by atoms with E-state index in [-0.39, 0.29) is 19.5 Å². The summed E-state index contributed by atoms with van der Waals surface area (Å²) in [5, 5.41) is 8.84. The number of alkyl halides is 3. The van der Waals surface area contributed by atoms with E-state index in [4.69, 9.17) is 5.11 Å². The standard InChI is InChI=1S/C9H12F3NO3/c1-8(7(15)16)2-3-13(5-8)6(14)4-9(10,11)12/h2-5H2,1H3,(H,15,16). The molecule has 1 aliphatic heterocycles. The van der Waals surface area contributed by atoms with Crippen LogP contribution in [0.15, 0.2) is 0 Å². The van der Waals surface area contributed by atoms with Crippen LogP contribution in [0.1, 0.15) is 19.8 Å². The van der Waals surface area contributed by atoms with E-state index in [9.17, 15) is 22.8 Å². The van der Waals surface area contributed by atoms with Gasteiger partial charge >= 0.3 is 12.1 Å². The lowest BCUT2D eigenvalue weighted by Gasteiger charge is -2.20. The second kappa shape index (κ2) is 3.95. The maximum Gasteiger partial charge on any atom is 0.397 e. The zero-order valence-electron chi connectivity index (χ0n) is 8.67. The first-order chi connectivity index (χ1) is 7.14. The molecule has 0 aromatic heterocycles. The highest BCUT2D eigenvalue weighted by atomic mass is 19.4. The van der Waals surface area contributed by atoms with Crippen LogP contribution >= 0.6 is 0 Å². The van der Waals surface area contributed by atoms with Crippen LogP contribution in [-0.4, -0.2) is 41.1 Å². The molecule has 0 bridgehead atoms. The number of carboxylic acids is 1. The molecule has 0 aromatic rings. The number of aliphatic carboxylic acids is 1. The van der Waals surface area contributed by atoms with Crippen molar-refractivity contribution in [3.05, 3.63) is 0 Å². The van der Waals surface area contributed by atoms with Crippen molar-refractivity contribution in [3.63, 3.8) is 0 Å². The first kappa shape index (κ1) is 12.8. The summed E-state index contributed by atoms with van der Waals surface area (Å²) in [5.41, 5.74) is -1.12. The van der Waals surface area contributed by atoms with E-state index in [1.165, 1.54) is 6.92 Å². The molecule has 0 aliphatic carbocycles. The fourth-order valence-electron chi connectivity index (χ4n) is 1.63. The summed E-state index contributed by atoms with van der Waals surface area (Å²) in [6.07, 6.45) is -5.88. The number of likely N-dealkylation sites (tertiary alicyclic amines) is 1. The summed E-state index contributed by atoms with van der Waals surface area (Å²) < 4.78 is 35.8. The Labute approximate surface area is 90.0 Å². The van der Waals surface area contributed by atoms with Gasteiger partial charge < -0.3 is 10.0 Å². The van der Waals surface area contributed by atoms with E-state index in [2.05, 4.69) is 0 Å². The Bertz CT molecular complexity index is 316. The van der Waals surface area contributed by atoms with Crippen LogP contribution in [0.5, 0.6) is 0 Å². The molecule has 92 valence electrons. The second-order valence-electron chi connectivity index (χ2n) is 4.22. The molecular weight excluding hydrogens is 227 g/mol. The minimum Gasteiger partial charge on any atom is -0.481 e. The van der Waals surface area contributed by atoms with Crippen LogP contribution in [0.4, 0.5) is 13.2 Å². The van der Waals surface area contributed by atoms with Gasteiger partial charge in [0.05, 0.1) is 5.41 Å². The van der Waals surface area contributed by atoms with Gasteiger partial charge in [-0.25, -0.2) is 0 Å². The van der Waals surface area contributed by atoms with Crippen molar-refractivity contribution in [1.82, 2.24) is 4.90 Å². The zero-order valence-corrected chi connectivity index (χ0v) is 8.67. The fraction of sp³-hybridized carbons (Fsp3) is 0.778. The van der Waals surface area contributed by atoms with E-state index in [0.717, 1.165) is 4.90 Å². The SMILES string of the molecule is CC1(C(=O)O)CCN(C(=O)CC(F)(F)F)C1. The molecule has 1 unspecified atom stereocenters. The highest BCUT2D eigenvalue weighted by Crippen LogP contribution is 2.31. The summed E-state index contributed by atoms with van der Waals surface area (Å²) in [6.45, 7) is 1.34. The molecule has 1 heterocycles. The molecule has 4 nitrogen and oxygen atoms in total. The second-order valence-corrected chi connectivity index (χ2v) is 4.22. The van der Waals surface area contributed by atoms with Crippen molar-refractivity contribution in [2.45, 2.75) is 25.9 Å². The summed E-state index contributed by atoms with van der Waals surface area (Å²) in [6, 6.07) is 0. The lowest BCUT2D eigenvalue weighted by molar-refractivity contribution is -0.161. The smallest absolute Gasteiger partial charge is 0.397 e. The molecule has 1 rings (SSSR count). The van der Waals surface area contributed by atoms with Gasteiger partial charge in [0.2, 0.25) is 5.91 Å². The molecule has 1 N–H and O–H groups in total. The lowest BCUT2D eigenvalue weighted by atomic mass is 9.90. The molecular formula is C9H12F3NO3. The van der Waals surface area contributed by atoms with E-state index in [1.54, 1.807) is 0 Å². The van der Waals surface area contributed by atoms with Gasteiger partial charge in [-0.15, -0.1) is 0 Å². The Morgan fingerprint density at radius 1 is 1.44 bits per heavy atom.